The molecule has 0 radical (unpaired) electrons. The number of hydrogen-bond donors (Lipinski definition) is 2. The van der Waals surface area contributed by atoms with E-state index in [1.807, 2.05) is 20.8 Å². The van der Waals surface area contributed by atoms with E-state index in [0.717, 1.165) is 12.5 Å². The number of anilines is 1. The number of amides is 1. The Labute approximate surface area is 191 Å². The van der Waals surface area contributed by atoms with Crippen LogP contribution >= 0.6 is 0 Å². The third kappa shape index (κ3) is 5.05. The number of benzene rings is 1. The van der Waals surface area contributed by atoms with E-state index in [2.05, 4.69) is 15.1 Å². The van der Waals surface area contributed by atoms with Gasteiger partial charge in [0.05, 0.1) is 11.0 Å². The standard InChI is InChI=1S/C21H26F2N6O2.C2H6/c1-11(28(3)19(30)12-9-21(2,31)10-12)5-4-6-16-25-18-14-7-13(22)8-15(23)17(14)26-20(24)29(18)27-16;1-2/h7-8,11-12,31H,4-6,9-10H2,1-3H3,(H2,24,26);1-2H3/t11-,12?,21?;/m0./s1. The fourth-order valence-corrected chi connectivity index (χ4v) is 4.24. The second-order valence-electron chi connectivity index (χ2n) is 8.81. The number of carbonyl (C=O) groups excluding carboxylic acids is 1. The molecule has 3 aromatic rings. The second kappa shape index (κ2) is 9.54. The highest BCUT2D eigenvalue weighted by atomic mass is 19.1. The van der Waals surface area contributed by atoms with E-state index >= 15 is 0 Å². The molecule has 10 heteroatoms. The molecule has 1 aliphatic carbocycles. The lowest BCUT2D eigenvalue weighted by atomic mass is 9.71. The van der Waals surface area contributed by atoms with Crippen molar-refractivity contribution >= 4 is 28.4 Å². The Morgan fingerprint density at radius 3 is 2.64 bits per heavy atom. The highest BCUT2D eigenvalue weighted by Gasteiger charge is 2.43. The molecule has 0 saturated heterocycles. The normalized spacial score (nSPS) is 20.8. The van der Waals surface area contributed by atoms with E-state index in [1.54, 1.807) is 18.9 Å². The Bertz CT molecular complexity index is 1160. The summed E-state index contributed by atoms with van der Waals surface area (Å²) >= 11 is 0. The summed E-state index contributed by atoms with van der Waals surface area (Å²) in [6.07, 6.45) is 2.97. The summed E-state index contributed by atoms with van der Waals surface area (Å²) in [5.74, 6) is -1.13. The van der Waals surface area contributed by atoms with E-state index in [0.29, 0.717) is 31.5 Å². The van der Waals surface area contributed by atoms with Crippen molar-refractivity contribution in [2.24, 2.45) is 5.92 Å². The zero-order valence-corrected chi connectivity index (χ0v) is 19.8. The van der Waals surface area contributed by atoms with Gasteiger partial charge in [-0.25, -0.2) is 18.7 Å². The van der Waals surface area contributed by atoms with Crippen molar-refractivity contribution in [3.63, 3.8) is 0 Å². The molecule has 4 rings (SSSR count). The summed E-state index contributed by atoms with van der Waals surface area (Å²) in [6, 6.07) is 1.94. The number of hydrogen-bond acceptors (Lipinski definition) is 6. The maximum atomic E-state index is 14.1. The van der Waals surface area contributed by atoms with Crippen LogP contribution in [0.4, 0.5) is 14.7 Å². The lowest BCUT2D eigenvalue weighted by Gasteiger charge is -2.42. The molecule has 1 fully saturated rings. The Hall–Kier alpha value is -2.88. The fourth-order valence-electron chi connectivity index (χ4n) is 4.24. The number of aromatic nitrogens is 4. The van der Waals surface area contributed by atoms with Crippen LogP contribution < -0.4 is 5.73 Å². The summed E-state index contributed by atoms with van der Waals surface area (Å²) in [5.41, 5.74) is 5.37. The van der Waals surface area contributed by atoms with Crippen LogP contribution in [0.3, 0.4) is 0 Å². The molecular formula is C23H32F2N6O2. The molecule has 8 nitrogen and oxygen atoms in total. The van der Waals surface area contributed by atoms with Crippen LogP contribution in [-0.4, -0.2) is 54.2 Å². The SMILES string of the molecule is CC.C[C@@H](CCCc1nc2c3cc(F)cc(F)c3nc(N)n2n1)N(C)C(=O)C1CC(C)(O)C1. The van der Waals surface area contributed by atoms with Gasteiger partial charge in [0.15, 0.2) is 17.3 Å². The van der Waals surface area contributed by atoms with Crippen molar-refractivity contribution in [1.82, 2.24) is 24.5 Å². The molecule has 1 aromatic carbocycles. The lowest BCUT2D eigenvalue weighted by Crippen LogP contribution is -2.50. The Morgan fingerprint density at radius 2 is 2.00 bits per heavy atom. The first-order valence-corrected chi connectivity index (χ1v) is 11.3. The number of rotatable bonds is 6. The van der Waals surface area contributed by atoms with Gasteiger partial charge in [-0.3, -0.25) is 4.79 Å². The van der Waals surface area contributed by atoms with Crippen molar-refractivity contribution in [1.29, 1.82) is 0 Å². The minimum atomic E-state index is -0.803. The number of fused-ring (bicyclic) bond motifs is 3. The topological polar surface area (TPSA) is 110 Å². The van der Waals surface area contributed by atoms with Crippen LogP contribution in [0, 0.1) is 17.6 Å². The predicted octanol–water partition coefficient (Wildman–Crippen LogP) is 3.49. The molecule has 0 aliphatic heterocycles. The van der Waals surface area contributed by atoms with Crippen LogP contribution in [-0.2, 0) is 11.2 Å². The number of aryl methyl sites for hydroxylation is 1. The maximum Gasteiger partial charge on any atom is 0.225 e. The largest absolute Gasteiger partial charge is 0.390 e. The van der Waals surface area contributed by atoms with Gasteiger partial charge in [0.25, 0.3) is 0 Å². The predicted molar refractivity (Wildman–Crippen MR) is 122 cm³/mol. The van der Waals surface area contributed by atoms with Crippen LogP contribution in [0.25, 0.3) is 16.6 Å². The number of nitrogens with zero attached hydrogens (tertiary/aromatic N) is 5. The first-order valence-electron chi connectivity index (χ1n) is 11.3. The van der Waals surface area contributed by atoms with Gasteiger partial charge in [-0.1, -0.05) is 13.8 Å². The number of carbonyl (C=O) groups is 1. The van der Waals surface area contributed by atoms with Crippen LogP contribution in [0.5, 0.6) is 0 Å². The molecule has 2 aromatic heterocycles. The summed E-state index contributed by atoms with van der Waals surface area (Å²) in [5, 5.41) is 14.4. The molecule has 1 atom stereocenters. The Morgan fingerprint density at radius 1 is 1.33 bits per heavy atom. The molecular weight excluding hydrogens is 430 g/mol. The molecule has 1 saturated carbocycles. The monoisotopic (exact) mass is 462 g/mol. The highest BCUT2D eigenvalue weighted by molar-refractivity contribution is 5.92. The van der Waals surface area contributed by atoms with Gasteiger partial charge in [0.1, 0.15) is 11.3 Å². The minimum Gasteiger partial charge on any atom is -0.390 e. The third-order valence-electron chi connectivity index (χ3n) is 6.12. The summed E-state index contributed by atoms with van der Waals surface area (Å²) < 4.78 is 29.0. The van der Waals surface area contributed by atoms with E-state index in [-0.39, 0.29) is 40.4 Å². The van der Waals surface area contributed by atoms with Gasteiger partial charge < -0.3 is 15.7 Å². The highest BCUT2D eigenvalue weighted by Crippen LogP contribution is 2.38. The van der Waals surface area contributed by atoms with Gasteiger partial charge >= 0.3 is 0 Å². The molecule has 3 N–H and O–H groups in total. The van der Waals surface area contributed by atoms with Gasteiger partial charge in [-0.15, -0.1) is 5.10 Å². The van der Waals surface area contributed by atoms with Crippen LogP contribution in [0.2, 0.25) is 0 Å². The van der Waals surface area contributed by atoms with Gasteiger partial charge in [0.2, 0.25) is 11.9 Å². The summed E-state index contributed by atoms with van der Waals surface area (Å²) in [6.45, 7) is 7.73. The quantitative estimate of drug-likeness (QED) is 0.580. The number of nitrogen functional groups attached to an aromatic ring is 1. The zero-order valence-electron chi connectivity index (χ0n) is 19.8. The first kappa shape index (κ1) is 24.8. The molecule has 0 bridgehead atoms. The number of aliphatic hydroxyl groups is 1. The lowest BCUT2D eigenvalue weighted by molar-refractivity contribution is -0.150. The molecule has 0 spiro atoms. The fraction of sp³-hybridized carbons (Fsp3) is 0.565. The Kier molecular flexibility index (Phi) is 7.16. The van der Waals surface area contributed by atoms with Crippen LogP contribution in [0.1, 0.15) is 59.2 Å². The number of halogens is 2. The van der Waals surface area contributed by atoms with E-state index in [9.17, 15) is 18.7 Å². The smallest absolute Gasteiger partial charge is 0.225 e. The zero-order chi connectivity index (χ0) is 24.5. The van der Waals surface area contributed by atoms with E-state index < -0.39 is 17.2 Å². The molecule has 180 valence electrons. The van der Waals surface area contributed by atoms with Crippen molar-refractivity contribution in [3.8, 4) is 0 Å². The minimum absolute atomic E-state index is 0.0193. The number of nitrogens with two attached hydrogens (primary N) is 1. The van der Waals surface area contributed by atoms with Gasteiger partial charge in [0, 0.05) is 31.5 Å². The molecule has 2 heterocycles. The van der Waals surface area contributed by atoms with Crippen molar-refractivity contribution in [2.45, 2.75) is 71.4 Å². The summed E-state index contributed by atoms with van der Waals surface area (Å²) in [7, 11) is 1.78. The average molecular weight is 463 g/mol. The van der Waals surface area contributed by atoms with Crippen molar-refractivity contribution < 1.29 is 18.7 Å². The van der Waals surface area contributed by atoms with E-state index in [4.69, 9.17) is 5.73 Å². The summed E-state index contributed by atoms with van der Waals surface area (Å²) in [4.78, 5) is 22.7. The maximum absolute atomic E-state index is 14.1. The van der Waals surface area contributed by atoms with Gasteiger partial charge in [-0.2, -0.15) is 4.52 Å². The third-order valence-corrected chi connectivity index (χ3v) is 6.12. The van der Waals surface area contributed by atoms with Crippen LogP contribution in [0.15, 0.2) is 12.1 Å². The van der Waals surface area contributed by atoms with Gasteiger partial charge in [-0.05, 0) is 45.6 Å². The first-order chi connectivity index (χ1) is 15.6. The molecule has 0 unspecified atom stereocenters. The molecule has 33 heavy (non-hydrogen) atoms. The van der Waals surface area contributed by atoms with E-state index in [1.165, 1.54) is 10.6 Å². The second-order valence-corrected chi connectivity index (χ2v) is 8.81. The van der Waals surface area contributed by atoms with Crippen molar-refractivity contribution in [3.05, 3.63) is 29.6 Å². The molecule has 1 amide bonds. The average Bonchev–Trinajstić information content (AvgIpc) is 3.18. The molecule has 1 aliphatic rings. The Balaban J connectivity index is 0.00000149. The van der Waals surface area contributed by atoms with Crippen molar-refractivity contribution in [2.75, 3.05) is 12.8 Å².